The molecule has 0 atom stereocenters. The summed E-state index contributed by atoms with van der Waals surface area (Å²) in [7, 11) is 4.06. The van der Waals surface area contributed by atoms with E-state index in [0.29, 0.717) is 11.4 Å². The van der Waals surface area contributed by atoms with Crippen LogP contribution >= 0.6 is 0 Å². The Morgan fingerprint density at radius 2 is 1.69 bits per heavy atom. The first-order valence-electron chi connectivity index (χ1n) is 9.90. The third-order valence-corrected chi connectivity index (χ3v) is 9.99. The Hall–Kier alpha value is -1.73. The zero-order chi connectivity index (χ0) is 21.8. The molecule has 0 aliphatic rings. The summed E-state index contributed by atoms with van der Waals surface area (Å²) in [5, 5.41) is 2.85. The predicted octanol–water partition coefficient (Wildman–Crippen LogP) is 5.43. The molecule has 0 spiro atoms. The molecule has 0 heterocycles. The summed E-state index contributed by atoms with van der Waals surface area (Å²) in [6.07, 6.45) is -0.490. The number of nitrogens with zero attached hydrogens (tertiary/aromatic N) is 1. The van der Waals surface area contributed by atoms with Gasteiger partial charge in [0.2, 0.25) is 0 Å². The van der Waals surface area contributed by atoms with Gasteiger partial charge in [0.1, 0.15) is 0 Å². The van der Waals surface area contributed by atoms with Gasteiger partial charge in [0, 0.05) is 0 Å². The first-order chi connectivity index (χ1) is 13.3. The molecule has 0 aliphatic heterocycles. The van der Waals surface area contributed by atoms with Crippen LogP contribution in [0.2, 0.25) is 14.8 Å². The van der Waals surface area contributed by atoms with Crippen molar-refractivity contribution in [1.82, 2.24) is 4.90 Å². The van der Waals surface area contributed by atoms with Gasteiger partial charge in [-0.2, -0.15) is 0 Å². The van der Waals surface area contributed by atoms with Gasteiger partial charge >= 0.3 is 180 Å². The van der Waals surface area contributed by atoms with E-state index in [4.69, 9.17) is 9.47 Å². The number of carbonyl (C=O) groups is 1. The topological polar surface area (TPSA) is 50.8 Å². The number of benzene rings is 2. The van der Waals surface area contributed by atoms with Crippen LogP contribution in [0.3, 0.4) is 0 Å². The molecule has 0 fully saturated rings. The monoisotopic (exact) mass is 506 g/mol. The third kappa shape index (κ3) is 7.55. The van der Waals surface area contributed by atoms with E-state index in [1.807, 2.05) is 59.1 Å². The van der Waals surface area contributed by atoms with Gasteiger partial charge in [0.25, 0.3) is 0 Å². The molecular formula is C23H34N2O3Sn. The van der Waals surface area contributed by atoms with Crippen LogP contribution in [0.5, 0.6) is 11.5 Å². The first kappa shape index (κ1) is 23.5. The normalized spacial score (nSPS) is 12.0. The SMILES string of the molecule is CN(C)Cc1ccccc1Oc1c[c]([Sn]([CH3])([CH3])[CH3])ccc1NC(=O)OC(C)(C)C. The Labute approximate surface area is 179 Å². The van der Waals surface area contributed by atoms with Crippen LogP contribution in [0.15, 0.2) is 42.5 Å². The van der Waals surface area contributed by atoms with Crippen molar-refractivity contribution in [2.24, 2.45) is 0 Å². The molecule has 0 unspecified atom stereocenters. The molecule has 0 aromatic heterocycles. The summed E-state index contributed by atoms with van der Waals surface area (Å²) in [6.45, 7) is 6.30. The maximum absolute atomic E-state index is 12.3. The predicted molar refractivity (Wildman–Crippen MR) is 123 cm³/mol. The summed E-state index contributed by atoms with van der Waals surface area (Å²) in [4.78, 5) is 21.5. The molecule has 0 radical (unpaired) electrons. The van der Waals surface area contributed by atoms with E-state index in [1.165, 1.54) is 3.58 Å². The quantitative estimate of drug-likeness (QED) is 0.532. The fourth-order valence-corrected chi connectivity index (χ4v) is 6.06. The van der Waals surface area contributed by atoms with E-state index in [9.17, 15) is 4.79 Å². The molecule has 29 heavy (non-hydrogen) atoms. The molecule has 2 aromatic carbocycles. The van der Waals surface area contributed by atoms with Crippen LogP contribution in [0.1, 0.15) is 26.3 Å². The molecule has 0 saturated carbocycles. The second-order valence-electron chi connectivity index (χ2n) is 9.54. The molecule has 5 nitrogen and oxygen atoms in total. The summed E-state index contributed by atoms with van der Waals surface area (Å²) in [5.41, 5.74) is 1.13. The molecule has 2 aromatic rings. The van der Waals surface area contributed by atoms with Crippen molar-refractivity contribution < 1.29 is 14.3 Å². The zero-order valence-corrected chi connectivity index (χ0v) is 21.8. The number of rotatable bonds is 6. The summed E-state index contributed by atoms with van der Waals surface area (Å²) >= 11 is -2.33. The first-order valence-corrected chi connectivity index (χ1v) is 19.9. The molecule has 0 bridgehead atoms. The van der Waals surface area contributed by atoms with Crippen LogP contribution in [-0.4, -0.2) is 49.1 Å². The van der Waals surface area contributed by atoms with Gasteiger partial charge in [-0.25, -0.2) is 0 Å². The number of nitrogens with one attached hydrogen (secondary N) is 1. The molecule has 1 amide bonds. The van der Waals surface area contributed by atoms with Gasteiger partial charge < -0.3 is 0 Å². The van der Waals surface area contributed by atoms with Gasteiger partial charge in [-0.15, -0.1) is 0 Å². The van der Waals surface area contributed by atoms with E-state index in [-0.39, 0.29) is 0 Å². The van der Waals surface area contributed by atoms with Gasteiger partial charge in [0.15, 0.2) is 0 Å². The number of amides is 1. The molecule has 158 valence electrons. The summed E-state index contributed by atoms with van der Waals surface area (Å²) in [5.74, 6) is 1.43. The second-order valence-corrected chi connectivity index (χ2v) is 24.0. The molecule has 6 heteroatoms. The van der Waals surface area contributed by atoms with Crippen molar-refractivity contribution in [3.8, 4) is 11.5 Å². The van der Waals surface area contributed by atoms with Crippen LogP contribution in [0, 0.1) is 0 Å². The molecule has 1 N–H and O–H groups in total. The maximum atomic E-state index is 12.3. The zero-order valence-electron chi connectivity index (χ0n) is 18.9. The van der Waals surface area contributed by atoms with Crippen LogP contribution in [0.25, 0.3) is 0 Å². The van der Waals surface area contributed by atoms with Gasteiger partial charge in [-0.1, -0.05) is 0 Å². The number of ether oxygens (including phenoxy) is 2. The molecular weight excluding hydrogens is 471 g/mol. The number of carbonyl (C=O) groups excluding carboxylic acids is 1. The Morgan fingerprint density at radius 3 is 2.28 bits per heavy atom. The Kier molecular flexibility index (Phi) is 7.62. The van der Waals surface area contributed by atoms with Crippen molar-refractivity contribution in [1.29, 1.82) is 0 Å². The minimum atomic E-state index is -2.33. The van der Waals surface area contributed by atoms with Gasteiger partial charge in [-0.05, 0) is 0 Å². The fraction of sp³-hybridized carbons (Fsp3) is 0.435. The Morgan fingerprint density at radius 1 is 1.03 bits per heavy atom. The summed E-state index contributed by atoms with van der Waals surface area (Å²) in [6, 6.07) is 14.1. The van der Waals surface area contributed by atoms with Crippen molar-refractivity contribution in [2.45, 2.75) is 47.7 Å². The molecule has 2 rings (SSSR count). The van der Waals surface area contributed by atoms with E-state index in [2.05, 4.69) is 43.2 Å². The van der Waals surface area contributed by atoms with E-state index < -0.39 is 30.1 Å². The van der Waals surface area contributed by atoms with Crippen LogP contribution < -0.4 is 13.6 Å². The number of anilines is 1. The minimum absolute atomic E-state index is 0.490. The Balaban J connectivity index is 2.41. The fourth-order valence-electron chi connectivity index (χ4n) is 2.78. The second kappa shape index (κ2) is 9.39. The number of para-hydroxylation sites is 1. The van der Waals surface area contributed by atoms with E-state index >= 15 is 0 Å². The summed E-state index contributed by atoms with van der Waals surface area (Å²) < 4.78 is 13.1. The average Bonchev–Trinajstić information content (AvgIpc) is 2.55. The van der Waals surface area contributed by atoms with Crippen LogP contribution in [0.4, 0.5) is 10.5 Å². The van der Waals surface area contributed by atoms with Crippen LogP contribution in [-0.2, 0) is 11.3 Å². The third-order valence-electron chi connectivity index (χ3n) is 4.16. The van der Waals surface area contributed by atoms with E-state index in [1.54, 1.807) is 0 Å². The van der Waals surface area contributed by atoms with Gasteiger partial charge in [0.05, 0.1) is 0 Å². The molecule has 0 aliphatic carbocycles. The van der Waals surface area contributed by atoms with Crippen molar-refractivity contribution in [3.05, 3.63) is 48.0 Å². The number of hydrogen-bond acceptors (Lipinski definition) is 4. The van der Waals surface area contributed by atoms with Crippen molar-refractivity contribution >= 4 is 33.7 Å². The van der Waals surface area contributed by atoms with E-state index in [0.717, 1.165) is 17.9 Å². The molecule has 0 saturated heterocycles. The Bertz CT molecular complexity index is 852. The van der Waals surface area contributed by atoms with Gasteiger partial charge in [-0.3, -0.25) is 0 Å². The number of hydrogen-bond donors (Lipinski definition) is 1. The van der Waals surface area contributed by atoms with Crippen molar-refractivity contribution in [3.63, 3.8) is 0 Å². The average molecular weight is 505 g/mol. The standard InChI is InChI=1S/C20H25N2O3.3CH3.Sn/c1-20(2,3)25-19(23)21-16-11-7-9-13-18(16)24-17-12-8-6-10-15(17)14-22(4)5;;;;/h6-8,10-13H,14H2,1-5H3,(H,21,23);3*1H3;. The van der Waals surface area contributed by atoms with Crippen molar-refractivity contribution in [2.75, 3.05) is 19.4 Å².